The fraction of sp³-hybridized carbons (Fsp3) is 0.800. The molecule has 1 aliphatic rings. The molecule has 0 radical (unpaired) electrons. The summed E-state index contributed by atoms with van der Waals surface area (Å²) in [6, 6.07) is -0.623. The van der Waals surface area contributed by atoms with Crippen molar-refractivity contribution in [3.63, 3.8) is 0 Å². The molecule has 2 amide bonds. The molecule has 7 nitrogen and oxygen atoms in total. The van der Waals surface area contributed by atoms with E-state index in [4.69, 9.17) is 10.8 Å². The van der Waals surface area contributed by atoms with Crippen molar-refractivity contribution in [1.82, 2.24) is 15.1 Å². The van der Waals surface area contributed by atoms with E-state index in [1.165, 1.54) is 0 Å². The van der Waals surface area contributed by atoms with Crippen molar-refractivity contribution < 1.29 is 14.7 Å². The van der Waals surface area contributed by atoms with Crippen molar-refractivity contribution >= 4 is 12.0 Å². The Morgan fingerprint density at radius 1 is 1.35 bits per heavy atom. The Hall–Kier alpha value is -1.34. The van der Waals surface area contributed by atoms with Crippen molar-refractivity contribution in [2.45, 2.75) is 13.0 Å². The van der Waals surface area contributed by atoms with Crippen LogP contribution in [0.15, 0.2) is 0 Å². The van der Waals surface area contributed by atoms with Gasteiger partial charge in [0.15, 0.2) is 0 Å². The normalized spacial score (nSPS) is 18.8. The van der Waals surface area contributed by atoms with Crippen LogP contribution in [0, 0.1) is 0 Å². The number of carbonyl (C=O) groups is 2. The molecule has 0 aromatic rings. The largest absolute Gasteiger partial charge is 0.480 e. The van der Waals surface area contributed by atoms with E-state index in [0.29, 0.717) is 39.3 Å². The number of amides is 2. The SMILES string of the molecule is CC(C(=O)O)N1CCN(C(=O)NCCN)CC1. The van der Waals surface area contributed by atoms with E-state index >= 15 is 0 Å². The van der Waals surface area contributed by atoms with Gasteiger partial charge in [-0.15, -0.1) is 0 Å². The number of urea groups is 1. The van der Waals surface area contributed by atoms with Crippen LogP contribution in [0.1, 0.15) is 6.92 Å². The van der Waals surface area contributed by atoms with Gasteiger partial charge in [-0.2, -0.15) is 0 Å². The first-order chi connectivity index (χ1) is 8.06. The smallest absolute Gasteiger partial charge is 0.320 e. The van der Waals surface area contributed by atoms with Crippen LogP contribution in [0.4, 0.5) is 4.79 Å². The Bertz CT molecular complexity index is 277. The molecule has 0 bridgehead atoms. The van der Waals surface area contributed by atoms with E-state index in [1.807, 2.05) is 4.90 Å². The van der Waals surface area contributed by atoms with E-state index in [1.54, 1.807) is 11.8 Å². The summed E-state index contributed by atoms with van der Waals surface area (Å²) in [5.41, 5.74) is 5.29. The molecule has 1 heterocycles. The second-order valence-corrected chi connectivity index (χ2v) is 4.06. The number of hydrogen-bond donors (Lipinski definition) is 3. The van der Waals surface area contributed by atoms with Gasteiger partial charge in [0.05, 0.1) is 0 Å². The molecule has 0 saturated carbocycles. The maximum Gasteiger partial charge on any atom is 0.320 e. The highest BCUT2D eigenvalue weighted by Gasteiger charge is 2.26. The van der Waals surface area contributed by atoms with E-state index in [2.05, 4.69) is 5.32 Å². The molecule has 0 aliphatic carbocycles. The van der Waals surface area contributed by atoms with E-state index in [0.717, 1.165) is 0 Å². The molecule has 98 valence electrons. The fourth-order valence-electron chi connectivity index (χ4n) is 1.76. The van der Waals surface area contributed by atoms with Gasteiger partial charge in [0.25, 0.3) is 0 Å². The quantitative estimate of drug-likeness (QED) is 0.573. The predicted octanol–water partition coefficient (Wildman–Crippen LogP) is -1.25. The number of rotatable bonds is 4. The van der Waals surface area contributed by atoms with Crippen LogP contribution in [-0.4, -0.2) is 72.2 Å². The first-order valence-electron chi connectivity index (χ1n) is 5.76. The molecule has 1 saturated heterocycles. The van der Waals surface area contributed by atoms with Gasteiger partial charge in [0.1, 0.15) is 6.04 Å². The lowest BCUT2D eigenvalue weighted by Crippen LogP contribution is -2.55. The highest BCUT2D eigenvalue weighted by molar-refractivity contribution is 5.74. The minimum Gasteiger partial charge on any atom is -0.480 e. The van der Waals surface area contributed by atoms with E-state index in [9.17, 15) is 9.59 Å². The van der Waals surface area contributed by atoms with Gasteiger partial charge in [-0.1, -0.05) is 0 Å². The summed E-state index contributed by atoms with van der Waals surface area (Å²) in [4.78, 5) is 25.9. The number of nitrogens with two attached hydrogens (primary N) is 1. The standard InChI is InChI=1S/C10H20N4O3/c1-8(9(15)16)13-4-6-14(7-5-13)10(17)12-3-2-11/h8H,2-7,11H2,1H3,(H,12,17)(H,15,16). The number of carboxylic acid groups (broad SMARTS) is 1. The van der Waals surface area contributed by atoms with Crippen molar-refractivity contribution in [3.05, 3.63) is 0 Å². The van der Waals surface area contributed by atoms with Crippen LogP contribution >= 0.6 is 0 Å². The average Bonchev–Trinajstić information content (AvgIpc) is 2.35. The molecule has 7 heteroatoms. The van der Waals surface area contributed by atoms with Crippen molar-refractivity contribution in [1.29, 1.82) is 0 Å². The van der Waals surface area contributed by atoms with Crippen LogP contribution in [-0.2, 0) is 4.79 Å². The molecule has 1 atom stereocenters. The molecule has 17 heavy (non-hydrogen) atoms. The van der Waals surface area contributed by atoms with Gasteiger partial charge in [-0.3, -0.25) is 9.69 Å². The van der Waals surface area contributed by atoms with Gasteiger partial charge in [0, 0.05) is 39.3 Å². The monoisotopic (exact) mass is 244 g/mol. The minimum atomic E-state index is -0.828. The first kappa shape index (κ1) is 13.7. The van der Waals surface area contributed by atoms with Crippen molar-refractivity contribution in [3.8, 4) is 0 Å². The van der Waals surface area contributed by atoms with Gasteiger partial charge < -0.3 is 21.1 Å². The summed E-state index contributed by atoms with van der Waals surface area (Å²) in [7, 11) is 0. The lowest BCUT2D eigenvalue weighted by atomic mass is 10.2. The molecule has 1 aliphatic heterocycles. The molecular weight excluding hydrogens is 224 g/mol. The maximum atomic E-state index is 11.6. The summed E-state index contributed by atoms with van der Waals surface area (Å²) < 4.78 is 0. The highest BCUT2D eigenvalue weighted by atomic mass is 16.4. The number of piperazine rings is 1. The van der Waals surface area contributed by atoms with Crippen LogP contribution < -0.4 is 11.1 Å². The fourth-order valence-corrected chi connectivity index (χ4v) is 1.76. The second-order valence-electron chi connectivity index (χ2n) is 4.06. The number of nitrogens with zero attached hydrogens (tertiary/aromatic N) is 2. The number of nitrogens with one attached hydrogen (secondary N) is 1. The molecular formula is C10H20N4O3. The summed E-state index contributed by atoms with van der Waals surface area (Å²) in [5, 5.41) is 11.6. The summed E-state index contributed by atoms with van der Waals surface area (Å²) in [6.07, 6.45) is 0. The highest BCUT2D eigenvalue weighted by Crippen LogP contribution is 2.06. The average molecular weight is 244 g/mol. The van der Waals surface area contributed by atoms with Crippen molar-refractivity contribution in [2.75, 3.05) is 39.3 Å². The Morgan fingerprint density at radius 3 is 2.41 bits per heavy atom. The van der Waals surface area contributed by atoms with Gasteiger partial charge in [-0.25, -0.2) is 4.79 Å². The molecule has 4 N–H and O–H groups in total. The minimum absolute atomic E-state index is 0.127. The van der Waals surface area contributed by atoms with Crippen molar-refractivity contribution in [2.24, 2.45) is 5.73 Å². The molecule has 1 fully saturated rings. The van der Waals surface area contributed by atoms with Gasteiger partial charge >= 0.3 is 12.0 Å². The molecule has 0 spiro atoms. The van der Waals surface area contributed by atoms with Crippen LogP contribution in [0.25, 0.3) is 0 Å². The predicted molar refractivity (Wildman–Crippen MR) is 62.7 cm³/mol. The molecule has 1 unspecified atom stereocenters. The van der Waals surface area contributed by atoms with Gasteiger partial charge in [-0.05, 0) is 6.92 Å². The Labute approximate surface area is 101 Å². The molecule has 1 rings (SSSR count). The molecule has 0 aromatic heterocycles. The summed E-state index contributed by atoms with van der Waals surface area (Å²) in [5.74, 6) is -0.828. The Balaban J connectivity index is 2.35. The Morgan fingerprint density at radius 2 is 1.94 bits per heavy atom. The lowest BCUT2D eigenvalue weighted by molar-refractivity contribution is -0.143. The number of aliphatic carboxylic acids is 1. The van der Waals surface area contributed by atoms with Crippen LogP contribution in [0.5, 0.6) is 0 Å². The third-order valence-electron chi connectivity index (χ3n) is 2.93. The zero-order valence-corrected chi connectivity index (χ0v) is 10.1. The lowest BCUT2D eigenvalue weighted by Gasteiger charge is -2.36. The maximum absolute atomic E-state index is 11.6. The van der Waals surface area contributed by atoms with E-state index in [-0.39, 0.29) is 6.03 Å². The second kappa shape index (κ2) is 6.41. The zero-order chi connectivity index (χ0) is 12.8. The Kier molecular flexibility index (Phi) is 5.17. The summed E-state index contributed by atoms with van der Waals surface area (Å²) >= 11 is 0. The third kappa shape index (κ3) is 3.86. The van der Waals surface area contributed by atoms with Gasteiger partial charge in [0.2, 0.25) is 0 Å². The third-order valence-corrected chi connectivity index (χ3v) is 2.93. The zero-order valence-electron chi connectivity index (χ0n) is 10.1. The number of carboxylic acids is 1. The first-order valence-corrected chi connectivity index (χ1v) is 5.76. The van der Waals surface area contributed by atoms with Crippen LogP contribution in [0.2, 0.25) is 0 Å². The number of hydrogen-bond acceptors (Lipinski definition) is 4. The van der Waals surface area contributed by atoms with Crippen LogP contribution in [0.3, 0.4) is 0 Å². The van der Waals surface area contributed by atoms with E-state index < -0.39 is 12.0 Å². The molecule has 0 aromatic carbocycles. The summed E-state index contributed by atoms with van der Waals surface area (Å²) in [6.45, 7) is 4.81. The number of carbonyl (C=O) groups excluding carboxylic acids is 1. The topological polar surface area (TPSA) is 98.9 Å².